The van der Waals surface area contributed by atoms with Gasteiger partial charge < -0.3 is 19.9 Å². The number of ether oxygens (including phenoxy) is 1. The molecule has 0 spiro atoms. The maximum absolute atomic E-state index is 12.1. The lowest BCUT2D eigenvalue weighted by Crippen LogP contribution is -2.31. The number of nitrogens with zero attached hydrogens (tertiary/aromatic N) is 2. The van der Waals surface area contributed by atoms with E-state index in [1.807, 2.05) is 6.07 Å². The van der Waals surface area contributed by atoms with E-state index in [1.165, 1.54) is 13.0 Å². The molecule has 2 N–H and O–H groups in total. The van der Waals surface area contributed by atoms with E-state index >= 15 is 0 Å². The lowest BCUT2D eigenvalue weighted by atomic mass is 10.2. The summed E-state index contributed by atoms with van der Waals surface area (Å²) in [5.41, 5.74) is 0.830. The van der Waals surface area contributed by atoms with Gasteiger partial charge in [-0.15, -0.1) is 11.8 Å². The molecule has 0 bridgehead atoms. The van der Waals surface area contributed by atoms with Gasteiger partial charge >= 0.3 is 5.97 Å². The SMILES string of the molecule is Cc1cc(NC(=O)[C@@H](C)SCC(=O)O[C@@H](C)C(=O)Nc2cccc(C#N)c2)no1. The monoisotopic (exact) mass is 416 g/mol. The first-order valence-electron chi connectivity index (χ1n) is 8.64. The number of carbonyl (C=O) groups is 3. The van der Waals surface area contributed by atoms with Crippen molar-refractivity contribution in [2.45, 2.75) is 32.1 Å². The van der Waals surface area contributed by atoms with Gasteiger partial charge in [-0.2, -0.15) is 5.26 Å². The van der Waals surface area contributed by atoms with Gasteiger partial charge in [0.1, 0.15) is 5.76 Å². The van der Waals surface area contributed by atoms with Gasteiger partial charge in [-0.1, -0.05) is 11.2 Å². The van der Waals surface area contributed by atoms with Crippen molar-refractivity contribution >= 4 is 41.1 Å². The first-order valence-corrected chi connectivity index (χ1v) is 9.69. The van der Waals surface area contributed by atoms with Crippen LogP contribution >= 0.6 is 11.8 Å². The lowest BCUT2D eigenvalue weighted by Gasteiger charge is -2.14. The molecule has 152 valence electrons. The van der Waals surface area contributed by atoms with E-state index in [0.717, 1.165) is 11.8 Å². The summed E-state index contributed by atoms with van der Waals surface area (Å²) in [5.74, 6) is -0.720. The smallest absolute Gasteiger partial charge is 0.316 e. The van der Waals surface area contributed by atoms with E-state index in [4.69, 9.17) is 14.5 Å². The maximum Gasteiger partial charge on any atom is 0.316 e. The van der Waals surface area contributed by atoms with Crippen molar-refractivity contribution in [1.82, 2.24) is 5.16 Å². The highest BCUT2D eigenvalue weighted by molar-refractivity contribution is 8.01. The molecule has 9 nitrogen and oxygen atoms in total. The van der Waals surface area contributed by atoms with Crippen molar-refractivity contribution < 1.29 is 23.6 Å². The second-order valence-corrected chi connectivity index (χ2v) is 7.41. The fourth-order valence-corrected chi connectivity index (χ4v) is 2.78. The maximum atomic E-state index is 12.1. The van der Waals surface area contributed by atoms with Crippen molar-refractivity contribution in [2.75, 3.05) is 16.4 Å². The number of benzene rings is 1. The molecule has 2 atom stereocenters. The molecule has 0 aliphatic heterocycles. The van der Waals surface area contributed by atoms with Crippen LogP contribution in [0.1, 0.15) is 25.2 Å². The molecule has 0 aliphatic carbocycles. The van der Waals surface area contributed by atoms with Gasteiger partial charge in [-0.05, 0) is 39.0 Å². The number of thioether (sulfide) groups is 1. The number of aromatic nitrogens is 1. The molecule has 2 aromatic rings. The third kappa shape index (κ3) is 6.97. The number of rotatable bonds is 8. The summed E-state index contributed by atoms with van der Waals surface area (Å²) in [7, 11) is 0. The molecular weight excluding hydrogens is 396 g/mol. The molecule has 0 fully saturated rings. The lowest BCUT2D eigenvalue weighted by molar-refractivity contribution is -0.150. The number of hydrogen-bond donors (Lipinski definition) is 2. The number of anilines is 2. The van der Waals surface area contributed by atoms with E-state index in [-0.39, 0.29) is 11.7 Å². The van der Waals surface area contributed by atoms with Crippen LogP contribution in [0.3, 0.4) is 0 Å². The summed E-state index contributed by atoms with van der Waals surface area (Å²) in [4.78, 5) is 36.2. The average Bonchev–Trinajstić information content (AvgIpc) is 3.10. The summed E-state index contributed by atoms with van der Waals surface area (Å²) >= 11 is 1.07. The fourth-order valence-electron chi connectivity index (χ4n) is 2.12. The minimum absolute atomic E-state index is 0.103. The van der Waals surface area contributed by atoms with E-state index in [0.29, 0.717) is 22.8 Å². The molecule has 10 heteroatoms. The minimum atomic E-state index is -1.03. The number of aryl methyl sites for hydroxylation is 1. The number of hydrogen-bond acceptors (Lipinski definition) is 8. The van der Waals surface area contributed by atoms with Gasteiger partial charge in [-0.25, -0.2) is 0 Å². The van der Waals surface area contributed by atoms with Crippen molar-refractivity contribution in [2.24, 2.45) is 0 Å². The predicted molar refractivity (Wildman–Crippen MR) is 107 cm³/mol. The molecule has 0 unspecified atom stereocenters. The Hall–Kier alpha value is -3.32. The fraction of sp³-hybridized carbons (Fsp3) is 0.316. The van der Waals surface area contributed by atoms with Crippen LogP contribution in [-0.2, 0) is 19.1 Å². The highest BCUT2D eigenvalue weighted by atomic mass is 32.2. The van der Waals surface area contributed by atoms with Gasteiger partial charge in [0.15, 0.2) is 11.9 Å². The van der Waals surface area contributed by atoms with Crippen LogP contribution in [0, 0.1) is 18.3 Å². The molecule has 29 heavy (non-hydrogen) atoms. The Bertz CT molecular complexity index is 937. The second-order valence-electron chi connectivity index (χ2n) is 6.08. The van der Waals surface area contributed by atoms with Crippen LogP contribution in [0.4, 0.5) is 11.5 Å². The largest absolute Gasteiger partial charge is 0.452 e. The Morgan fingerprint density at radius 1 is 1.24 bits per heavy atom. The normalized spacial score (nSPS) is 12.3. The van der Waals surface area contributed by atoms with Gasteiger partial charge in [0, 0.05) is 11.8 Å². The van der Waals surface area contributed by atoms with Crippen LogP contribution in [0.5, 0.6) is 0 Å². The Morgan fingerprint density at radius 3 is 2.66 bits per heavy atom. The predicted octanol–water partition coefficient (Wildman–Crippen LogP) is 2.49. The molecule has 0 saturated heterocycles. The first kappa shape index (κ1) is 22.0. The molecule has 2 amide bonds. The zero-order chi connectivity index (χ0) is 21.4. The van der Waals surface area contributed by atoms with Crippen LogP contribution in [0.2, 0.25) is 0 Å². The van der Waals surface area contributed by atoms with Gasteiger partial charge in [-0.3, -0.25) is 14.4 Å². The van der Waals surface area contributed by atoms with E-state index in [9.17, 15) is 14.4 Å². The number of amides is 2. The van der Waals surface area contributed by atoms with Gasteiger partial charge in [0.25, 0.3) is 5.91 Å². The zero-order valence-corrected chi connectivity index (χ0v) is 16.9. The summed E-state index contributed by atoms with van der Waals surface area (Å²) in [6.45, 7) is 4.78. The summed E-state index contributed by atoms with van der Waals surface area (Å²) in [5, 5.41) is 17.2. The van der Waals surface area contributed by atoms with Gasteiger partial charge in [0.2, 0.25) is 5.91 Å². The molecule has 0 radical (unpaired) electrons. The van der Waals surface area contributed by atoms with Crippen molar-refractivity contribution in [1.29, 1.82) is 5.26 Å². The number of esters is 1. The molecule has 1 aromatic carbocycles. The molecule has 1 heterocycles. The Kier molecular flexibility index (Phi) is 7.79. The third-order valence-electron chi connectivity index (χ3n) is 3.64. The number of nitrogens with one attached hydrogen (secondary N) is 2. The molecule has 0 aliphatic rings. The van der Waals surface area contributed by atoms with E-state index in [1.54, 1.807) is 38.1 Å². The van der Waals surface area contributed by atoms with Crippen LogP contribution < -0.4 is 10.6 Å². The summed E-state index contributed by atoms with van der Waals surface area (Å²) in [6, 6.07) is 9.93. The van der Waals surface area contributed by atoms with Crippen LogP contribution in [0.15, 0.2) is 34.9 Å². The van der Waals surface area contributed by atoms with E-state index in [2.05, 4.69) is 15.8 Å². The van der Waals surface area contributed by atoms with E-state index < -0.39 is 23.2 Å². The van der Waals surface area contributed by atoms with Crippen molar-refractivity contribution in [3.05, 3.63) is 41.7 Å². The quantitative estimate of drug-likeness (QED) is 0.627. The average molecular weight is 416 g/mol. The standard InChI is InChI=1S/C19H20N4O5S/c1-11-7-16(23-28-11)22-19(26)13(3)29-10-17(24)27-12(2)18(25)21-15-6-4-5-14(8-15)9-20/h4-8,12-13H,10H2,1-3H3,(H,21,25)(H,22,23,26)/t12-,13+/m0/s1. The highest BCUT2D eigenvalue weighted by Gasteiger charge is 2.21. The Morgan fingerprint density at radius 2 is 2.00 bits per heavy atom. The highest BCUT2D eigenvalue weighted by Crippen LogP contribution is 2.15. The first-order chi connectivity index (χ1) is 13.8. The Balaban J connectivity index is 1.76. The van der Waals surface area contributed by atoms with Crippen molar-refractivity contribution in [3.8, 4) is 6.07 Å². The summed E-state index contributed by atoms with van der Waals surface area (Å²) < 4.78 is 9.96. The molecule has 2 rings (SSSR count). The van der Waals surface area contributed by atoms with Crippen LogP contribution in [0.25, 0.3) is 0 Å². The Labute approximate surface area is 171 Å². The van der Waals surface area contributed by atoms with Crippen LogP contribution in [-0.4, -0.2) is 40.0 Å². The molecular formula is C19H20N4O5S. The number of carbonyl (C=O) groups excluding carboxylic acids is 3. The third-order valence-corrected chi connectivity index (χ3v) is 4.75. The summed E-state index contributed by atoms with van der Waals surface area (Å²) in [6.07, 6.45) is -1.03. The topological polar surface area (TPSA) is 134 Å². The molecule has 0 saturated carbocycles. The van der Waals surface area contributed by atoms with Crippen molar-refractivity contribution in [3.63, 3.8) is 0 Å². The van der Waals surface area contributed by atoms with Gasteiger partial charge in [0.05, 0.1) is 22.6 Å². The zero-order valence-electron chi connectivity index (χ0n) is 16.1. The number of nitriles is 1. The molecule has 1 aromatic heterocycles. The minimum Gasteiger partial charge on any atom is -0.452 e. The second kappa shape index (κ2) is 10.3.